The lowest BCUT2D eigenvalue weighted by Gasteiger charge is -2.06. The Morgan fingerprint density at radius 3 is 2.36 bits per heavy atom. The third-order valence-electron chi connectivity index (χ3n) is 3.50. The first-order chi connectivity index (χ1) is 11.9. The number of hydrogen-bond donors (Lipinski definition) is 1. The largest absolute Gasteiger partial charge is 0.494 e. The molecule has 2 aromatic carbocycles. The molecule has 1 heterocycles. The number of nitrogens with two attached hydrogens (primary N) is 1. The van der Waals surface area contributed by atoms with Crippen LogP contribution in [0.5, 0.6) is 5.75 Å². The summed E-state index contributed by atoms with van der Waals surface area (Å²) in [7, 11) is -4.00. The van der Waals surface area contributed by atoms with Crippen molar-refractivity contribution in [2.75, 3.05) is 12.3 Å². The molecule has 0 amide bonds. The number of benzene rings is 2. The summed E-state index contributed by atoms with van der Waals surface area (Å²) >= 11 is 0. The van der Waals surface area contributed by atoms with Crippen LogP contribution in [0.4, 0.5) is 10.2 Å². The summed E-state index contributed by atoms with van der Waals surface area (Å²) in [5, 5.41) is 4.10. The van der Waals surface area contributed by atoms with Crippen molar-refractivity contribution in [3.63, 3.8) is 0 Å². The van der Waals surface area contributed by atoms with Gasteiger partial charge in [-0.1, -0.05) is 0 Å². The molecule has 3 rings (SSSR count). The van der Waals surface area contributed by atoms with Gasteiger partial charge in [0, 0.05) is 11.6 Å². The highest BCUT2D eigenvalue weighted by Crippen LogP contribution is 2.25. The van der Waals surface area contributed by atoms with E-state index in [1.807, 2.05) is 6.92 Å². The SMILES string of the molecule is CCOc1ccc(-c2cc(N)n(S(=O)(=O)c3ccc(F)cc3)n2)cc1. The molecule has 0 spiro atoms. The van der Waals surface area contributed by atoms with Crippen LogP contribution in [0.2, 0.25) is 0 Å². The highest BCUT2D eigenvalue weighted by molar-refractivity contribution is 7.90. The Morgan fingerprint density at radius 2 is 1.76 bits per heavy atom. The van der Waals surface area contributed by atoms with Crippen molar-refractivity contribution < 1.29 is 17.5 Å². The lowest BCUT2D eigenvalue weighted by Crippen LogP contribution is -2.16. The molecule has 6 nitrogen and oxygen atoms in total. The highest BCUT2D eigenvalue weighted by Gasteiger charge is 2.22. The van der Waals surface area contributed by atoms with E-state index >= 15 is 0 Å². The van der Waals surface area contributed by atoms with Gasteiger partial charge in [-0.05, 0) is 55.5 Å². The molecule has 1 aromatic heterocycles. The molecular formula is C17H16FN3O3S. The van der Waals surface area contributed by atoms with Crippen molar-refractivity contribution in [3.8, 4) is 17.0 Å². The fourth-order valence-electron chi connectivity index (χ4n) is 2.31. The van der Waals surface area contributed by atoms with Gasteiger partial charge in [0.05, 0.1) is 17.2 Å². The third kappa shape index (κ3) is 3.34. The van der Waals surface area contributed by atoms with Gasteiger partial charge in [-0.15, -0.1) is 4.09 Å². The summed E-state index contributed by atoms with van der Waals surface area (Å²) in [5.74, 6) is 0.147. The number of aromatic nitrogens is 2. The molecule has 0 aliphatic rings. The van der Waals surface area contributed by atoms with Gasteiger partial charge >= 0.3 is 0 Å². The maximum absolute atomic E-state index is 13.0. The second kappa shape index (κ2) is 6.56. The Kier molecular flexibility index (Phi) is 4.45. The highest BCUT2D eigenvalue weighted by atomic mass is 32.2. The zero-order valence-electron chi connectivity index (χ0n) is 13.4. The summed E-state index contributed by atoms with van der Waals surface area (Å²) in [6.07, 6.45) is 0. The molecular weight excluding hydrogens is 345 g/mol. The van der Waals surface area contributed by atoms with Gasteiger partial charge in [-0.2, -0.15) is 13.5 Å². The Balaban J connectivity index is 1.98. The van der Waals surface area contributed by atoms with Gasteiger partial charge in [-0.25, -0.2) is 4.39 Å². The van der Waals surface area contributed by atoms with Crippen LogP contribution < -0.4 is 10.5 Å². The molecule has 3 aromatic rings. The normalized spacial score (nSPS) is 11.4. The molecule has 0 aliphatic carbocycles. The standard InChI is InChI=1S/C17H16FN3O3S/c1-2-24-14-7-3-12(4-8-14)16-11-17(19)21(20-16)25(22,23)15-9-5-13(18)6-10-15/h3-11H,2,19H2,1H3. The average molecular weight is 361 g/mol. The van der Waals surface area contributed by atoms with E-state index in [1.165, 1.54) is 18.2 Å². The molecule has 0 atom stereocenters. The summed E-state index contributed by atoms with van der Waals surface area (Å²) < 4.78 is 44.4. The molecule has 0 saturated carbocycles. The number of halogens is 1. The minimum absolute atomic E-state index is 0.0341. The van der Waals surface area contributed by atoms with Crippen molar-refractivity contribution in [1.82, 2.24) is 9.19 Å². The Bertz CT molecular complexity index is 981. The minimum atomic E-state index is -4.00. The van der Waals surface area contributed by atoms with Gasteiger partial charge in [0.2, 0.25) is 0 Å². The number of hydrogen-bond acceptors (Lipinski definition) is 5. The molecule has 0 radical (unpaired) electrons. The van der Waals surface area contributed by atoms with Crippen LogP contribution in [-0.4, -0.2) is 24.2 Å². The van der Waals surface area contributed by atoms with Gasteiger partial charge < -0.3 is 10.5 Å². The van der Waals surface area contributed by atoms with E-state index in [2.05, 4.69) is 5.10 Å². The number of nitrogens with zero attached hydrogens (tertiary/aromatic N) is 2. The van der Waals surface area contributed by atoms with Crippen LogP contribution in [-0.2, 0) is 10.0 Å². The maximum Gasteiger partial charge on any atom is 0.284 e. The van der Waals surface area contributed by atoms with Gasteiger partial charge in [0.15, 0.2) is 0 Å². The zero-order valence-corrected chi connectivity index (χ0v) is 14.2. The monoisotopic (exact) mass is 361 g/mol. The lowest BCUT2D eigenvalue weighted by molar-refractivity contribution is 0.340. The maximum atomic E-state index is 13.0. The van der Waals surface area contributed by atoms with Crippen LogP contribution in [0.3, 0.4) is 0 Å². The molecule has 0 saturated heterocycles. The molecule has 25 heavy (non-hydrogen) atoms. The van der Waals surface area contributed by atoms with Crippen LogP contribution in [0.15, 0.2) is 59.5 Å². The van der Waals surface area contributed by atoms with Crippen LogP contribution in [0, 0.1) is 5.82 Å². The fraction of sp³-hybridized carbons (Fsp3) is 0.118. The summed E-state index contributed by atoms with van der Waals surface area (Å²) in [6.45, 7) is 2.44. The smallest absolute Gasteiger partial charge is 0.284 e. The molecule has 130 valence electrons. The van der Waals surface area contributed by atoms with Crippen molar-refractivity contribution >= 4 is 15.8 Å². The van der Waals surface area contributed by atoms with E-state index in [-0.39, 0.29) is 10.7 Å². The average Bonchev–Trinajstić information content (AvgIpc) is 2.99. The Labute approximate surface area is 144 Å². The number of rotatable bonds is 5. The third-order valence-corrected chi connectivity index (χ3v) is 5.12. The second-order valence-corrected chi connectivity index (χ2v) is 6.98. The van der Waals surface area contributed by atoms with E-state index in [0.717, 1.165) is 16.2 Å². The predicted molar refractivity (Wildman–Crippen MR) is 92.2 cm³/mol. The van der Waals surface area contributed by atoms with Crippen molar-refractivity contribution in [3.05, 3.63) is 60.4 Å². The quantitative estimate of drug-likeness (QED) is 0.755. The number of nitrogen functional groups attached to an aromatic ring is 1. The van der Waals surface area contributed by atoms with Gasteiger partial charge in [-0.3, -0.25) is 0 Å². The predicted octanol–water partition coefficient (Wildman–Crippen LogP) is 2.91. The molecule has 0 aliphatic heterocycles. The van der Waals surface area contributed by atoms with E-state index in [1.54, 1.807) is 24.3 Å². The van der Waals surface area contributed by atoms with Crippen molar-refractivity contribution in [2.45, 2.75) is 11.8 Å². The summed E-state index contributed by atoms with van der Waals surface area (Å²) in [6, 6.07) is 13.0. The molecule has 0 unspecified atom stereocenters. The Morgan fingerprint density at radius 1 is 1.12 bits per heavy atom. The number of anilines is 1. The number of ether oxygens (including phenoxy) is 1. The fourth-order valence-corrected chi connectivity index (χ4v) is 3.51. The van der Waals surface area contributed by atoms with Crippen LogP contribution in [0.25, 0.3) is 11.3 Å². The minimum Gasteiger partial charge on any atom is -0.494 e. The van der Waals surface area contributed by atoms with Gasteiger partial charge in [0.1, 0.15) is 17.4 Å². The zero-order chi connectivity index (χ0) is 18.0. The van der Waals surface area contributed by atoms with Crippen molar-refractivity contribution in [1.29, 1.82) is 0 Å². The van der Waals surface area contributed by atoms with E-state index in [4.69, 9.17) is 10.5 Å². The topological polar surface area (TPSA) is 87.2 Å². The van der Waals surface area contributed by atoms with Crippen molar-refractivity contribution in [2.24, 2.45) is 0 Å². The first kappa shape index (κ1) is 17.0. The first-order valence-electron chi connectivity index (χ1n) is 7.51. The summed E-state index contributed by atoms with van der Waals surface area (Å²) in [4.78, 5) is -0.0954. The van der Waals surface area contributed by atoms with E-state index in [9.17, 15) is 12.8 Å². The molecule has 2 N–H and O–H groups in total. The summed E-state index contributed by atoms with van der Waals surface area (Å²) in [5.41, 5.74) is 6.94. The first-order valence-corrected chi connectivity index (χ1v) is 8.95. The van der Waals surface area contributed by atoms with Crippen LogP contribution >= 0.6 is 0 Å². The van der Waals surface area contributed by atoms with E-state index in [0.29, 0.717) is 23.6 Å². The lowest BCUT2D eigenvalue weighted by atomic mass is 10.1. The molecule has 0 fully saturated rings. The Hall–Kier alpha value is -2.87. The van der Waals surface area contributed by atoms with Gasteiger partial charge in [0.25, 0.3) is 10.0 Å². The second-order valence-electron chi connectivity index (χ2n) is 5.21. The van der Waals surface area contributed by atoms with Crippen LogP contribution in [0.1, 0.15) is 6.92 Å². The molecule has 8 heteroatoms. The molecule has 0 bridgehead atoms. The van der Waals surface area contributed by atoms with E-state index < -0.39 is 15.8 Å².